The maximum absolute atomic E-state index is 10.8. The quantitative estimate of drug-likeness (QED) is 0.926. The summed E-state index contributed by atoms with van der Waals surface area (Å²) in [5, 5.41) is 10.8. The minimum Gasteiger partial charge on any atom is -0.393 e. The lowest BCUT2D eigenvalue weighted by atomic mass is 9.82. The van der Waals surface area contributed by atoms with Crippen LogP contribution in [-0.4, -0.2) is 20.8 Å². The molecular weight excluding hydrogens is 272 g/mol. The van der Waals surface area contributed by atoms with Crippen LogP contribution in [0.4, 0.5) is 0 Å². The van der Waals surface area contributed by atoms with Gasteiger partial charge in [-0.05, 0) is 37.7 Å². The van der Waals surface area contributed by atoms with E-state index in [2.05, 4.69) is 40.7 Å². The molecular formula is C19H24N2O. The monoisotopic (exact) mass is 296 g/mol. The fourth-order valence-electron chi connectivity index (χ4n) is 4.38. The first-order valence-corrected chi connectivity index (χ1v) is 8.57. The van der Waals surface area contributed by atoms with Gasteiger partial charge in [0.1, 0.15) is 5.82 Å². The SMILES string of the molecule is Cc1ncc2n1C(CC(O)C1CCCCC1)c1ccccc1-2. The van der Waals surface area contributed by atoms with Crippen LogP contribution in [0.15, 0.2) is 30.5 Å². The molecule has 2 aromatic rings. The molecule has 3 nitrogen and oxygen atoms in total. The fourth-order valence-corrected chi connectivity index (χ4v) is 4.38. The first kappa shape index (κ1) is 14.0. The van der Waals surface area contributed by atoms with Crippen LogP contribution in [-0.2, 0) is 0 Å². The van der Waals surface area contributed by atoms with E-state index in [1.807, 2.05) is 6.20 Å². The van der Waals surface area contributed by atoms with Crippen molar-refractivity contribution in [3.05, 3.63) is 41.9 Å². The van der Waals surface area contributed by atoms with Gasteiger partial charge < -0.3 is 9.67 Å². The Bertz CT molecular complexity index is 670. The number of hydrogen-bond acceptors (Lipinski definition) is 2. The zero-order valence-electron chi connectivity index (χ0n) is 13.2. The van der Waals surface area contributed by atoms with E-state index in [1.165, 1.54) is 48.9 Å². The topological polar surface area (TPSA) is 38.0 Å². The van der Waals surface area contributed by atoms with E-state index in [4.69, 9.17) is 0 Å². The Balaban J connectivity index is 1.64. The molecule has 2 atom stereocenters. The lowest BCUT2D eigenvalue weighted by Gasteiger charge is -2.29. The molecule has 0 bridgehead atoms. The van der Waals surface area contributed by atoms with Gasteiger partial charge in [0.15, 0.2) is 0 Å². The molecule has 116 valence electrons. The molecule has 4 rings (SSSR count). The van der Waals surface area contributed by atoms with Crippen LogP contribution in [0, 0.1) is 12.8 Å². The average Bonchev–Trinajstić information content (AvgIpc) is 3.08. The van der Waals surface area contributed by atoms with Crippen LogP contribution in [0.25, 0.3) is 11.3 Å². The fraction of sp³-hybridized carbons (Fsp3) is 0.526. The second-order valence-corrected chi connectivity index (χ2v) is 6.86. The number of aliphatic hydroxyl groups excluding tert-OH is 1. The van der Waals surface area contributed by atoms with Gasteiger partial charge in [0.25, 0.3) is 0 Å². The molecule has 2 unspecified atom stereocenters. The second-order valence-electron chi connectivity index (χ2n) is 6.86. The zero-order chi connectivity index (χ0) is 15.1. The average molecular weight is 296 g/mol. The van der Waals surface area contributed by atoms with Crippen LogP contribution in [0.3, 0.4) is 0 Å². The molecule has 1 fully saturated rings. The standard InChI is InChI=1S/C19H24N2O/c1-13-20-12-18-16-10-6-5-9-15(16)17(21(13)18)11-19(22)14-7-3-2-4-8-14/h5-6,9-10,12,14,17,19,22H,2-4,7-8,11H2,1H3. The van der Waals surface area contributed by atoms with Gasteiger partial charge in [-0.25, -0.2) is 4.98 Å². The Morgan fingerprint density at radius 2 is 2.00 bits per heavy atom. The first-order chi connectivity index (χ1) is 10.8. The largest absolute Gasteiger partial charge is 0.393 e. The van der Waals surface area contributed by atoms with E-state index < -0.39 is 0 Å². The maximum Gasteiger partial charge on any atom is 0.106 e. The first-order valence-electron chi connectivity index (χ1n) is 8.57. The number of aromatic nitrogens is 2. The van der Waals surface area contributed by atoms with Crippen molar-refractivity contribution in [2.75, 3.05) is 0 Å². The summed E-state index contributed by atoms with van der Waals surface area (Å²) < 4.78 is 2.32. The zero-order valence-corrected chi connectivity index (χ0v) is 13.2. The Morgan fingerprint density at radius 3 is 2.82 bits per heavy atom. The van der Waals surface area contributed by atoms with Gasteiger partial charge in [-0.15, -0.1) is 0 Å². The number of fused-ring (bicyclic) bond motifs is 3. The molecule has 3 heteroatoms. The lowest BCUT2D eigenvalue weighted by molar-refractivity contribution is 0.0685. The van der Waals surface area contributed by atoms with Crippen LogP contribution < -0.4 is 0 Å². The number of nitrogens with zero attached hydrogens (tertiary/aromatic N) is 2. The van der Waals surface area contributed by atoms with Gasteiger partial charge in [-0.3, -0.25) is 0 Å². The van der Waals surface area contributed by atoms with Crippen molar-refractivity contribution in [1.82, 2.24) is 9.55 Å². The van der Waals surface area contributed by atoms with E-state index in [-0.39, 0.29) is 12.1 Å². The molecule has 2 heterocycles. The Morgan fingerprint density at radius 1 is 1.23 bits per heavy atom. The Kier molecular flexibility index (Phi) is 3.53. The highest BCUT2D eigenvalue weighted by Gasteiger charge is 2.33. The molecule has 0 amide bonds. The molecule has 1 aromatic heterocycles. The molecule has 1 aliphatic heterocycles. The molecule has 1 aromatic carbocycles. The van der Waals surface area contributed by atoms with Crippen molar-refractivity contribution in [1.29, 1.82) is 0 Å². The predicted octanol–water partition coefficient (Wildman–Crippen LogP) is 4.09. The minimum absolute atomic E-state index is 0.203. The normalized spacial score (nSPS) is 22.4. The third-order valence-electron chi connectivity index (χ3n) is 5.55. The van der Waals surface area contributed by atoms with Crippen molar-refractivity contribution in [2.45, 2.75) is 57.6 Å². The molecule has 22 heavy (non-hydrogen) atoms. The van der Waals surface area contributed by atoms with Gasteiger partial charge in [0.2, 0.25) is 0 Å². The van der Waals surface area contributed by atoms with E-state index in [0.29, 0.717) is 5.92 Å². The maximum atomic E-state index is 10.8. The number of hydrogen-bond donors (Lipinski definition) is 1. The van der Waals surface area contributed by atoms with Crippen molar-refractivity contribution in [3.63, 3.8) is 0 Å². The summed E-state index contributed by atoms with van der Waals surface area (Å²) in [4.78, 5) is 4.49. The number of aryl methyl sites for hydroxylation is 1. The van der Waals surface area contributed by atoms with E-state index in [0.717, 1.165) is 12.2 Å². The number of imidazole rings is 1. The van der Waals surface area contributed by atoms with Crippen molar-refractivity contribution < 1.29 is 5.11 Å². The van der Waals surface area contributed by atoms with Crippen molar-refractivity contribution in [3.8, 4) is 11.3 Å². The third-order valence-corrected chi connectivity index (χ3v) is 5.55. The Hall–Kier alpha value is -1.61. The van der Waals surface area contributed by atoms with Crippen molar-refractivity contribution >= 4 is 0 Å². The summed E-state index contributed by atoms with van der Waals surface area (Å²) in [5.41, 5.74) is 3.83. The van der Waals surface area contributed by atoms with Gasteiger partial charge >= 0.3 is 0 Å². The minimum atomic E-state index is -0.203. The van der Waals surface area contributed by atoms with Crippen molar-refractivity contribution in [2.24, 2.45) is 5.92 Å². The molecule has 0 saturated heterocycles. The second kappa shape index (κ2) is 5.54. The predicted molar refractivity (Wildman–Crippen MR) is 87.7 cm³/mol. The number of rotatable bonds is 3. The molecule has 2 aliphatic rings. The Labute approximate surface area is 132 Å². The summed E-state index contributed by atoms with van der Waals surface area (Å²) >= 11 is 0. The molecule has 1 aliphatic carbocycles. The van der Waals surface area contributed by atoms with Crippen LogP contribution >= 0.6 is 0 Å². The van der Waals surface area contributed by atoms with E-state index in [9.17, 15) is 5.11 Å². The smallest absolute Gasteiger partial charge is 0.106 e. The van der Waals surface area contributed by atoms with Gasteiger partial charge in [-0.2, -0.15) is 0 Å². The highest BCUT2D eigenvalue weighted by molar-refractivity contribution is 5.69. The van der Waals surface area contributed by atoms with Gasteiger partial charge in [-0.1, -0.05) is 43.5 Å². The highest BCUT2D eigenvalue weighted by Crippen LogP contribution is 2.43. The summed E-state index contributed by atoms with van der Waals surface area (Å²) in [7, 11) is 0. The number of benzene rings is 1. The summed E-state index contributed by atoms with van der Waals surface area (Å²) in [6.45, 7) is 2.06. The third kappa shape index (κ3) is 2.19. The molecule has 1 N–H and O–H groups in total. The highest BCUT2D eigenvalue weighted by atomic mass is 16.3. The summed E-state index contributed by atoms with van der Waals surface area (Å²) in [6.07, 6.45) is 8.84. The number of aliphatic hydroxyl groups is 1. The van der Waals surface area contributed by atoms with Crippen LogP contribution in [0.2, 0.25) is 0 Å². The van der Waals surface area contributed by atoms with E-state index >= 15 is 0 Å². The van der Waals surface area contributed by atoms with Crippen LogP contribution in [0.5, 0.6) is 0 Å². The van der Waals surface area contributed by atoms with Gasteiger partial charge in [0, 0.05) is 5.56 Å². The molecule has 1 saturated carbocycles. The molecule has 0 radical (unpaired) electrons. The lowest BCUT2D eigenvalue weighted by Crippen LogP contribution is -2.26. The van der Waals surface area contributed by atoms with Gasteiger partial charge in [0.05, 0.1) is 24.0 Å². The van der Waals surface area contributed by atoms with Crippen LogP contribution in [0.1, 0.15) is 56.0 Å². The van der Waals surface area contributed by atoms with E-state index in [1.54, 1.807) is 0 Å². The summed E-state index contributed by atoms with van der Waals surface area (Å²) in [5.74, 6) is 1.53. The molecule has 0 spiro atoms. The summed E-state index contributed by atoms with van der Waals surface area (Å²) in [6, 6.07) is 8.82.